The maximum absolute atomic E-state index is 11.5. The first-order valence-corrected chi connectivity index (χ1v) is 7.67. The van der Waals surface area contributed by atoms with Crippen LogP contribution in [0.25, 0.3) is 0 Å². The third-order valence-electron chi connectivity index (χ3n) is 2.48. The largest absolute Gasteiger partial charge is 0.388 e. The molecule has 0 fully saturated rings. The third kappa shape index (κ3) is 6.58. The Bertz CT molecular complexity index is 426. The molecule has 6 heteroatoms. The van der Waals surface area contributed by atoms with E-state index in [-0.39, 0.29) is 11.7 Å². The van der Waals surface area contributed by atoms with E-state index in [1.165, 1.54) is 11.8 Å². The molecule has 1 aromatic carbocycles. The van der Waals surface area contributed by atoms with Gasteiger partial charge in [0.15, 0.2) is 0 Å². The van der Waals surface area contributed by atoms with Crippen LogP contribution in [0.4, 0.5) is 4.79 Å². The second-order valence-electron chi connectivity index (χ2n) is 4.25. The van der Waals surface area contributed by atoms with Gasteiger partial charge in [-0.1, -0.05) is 37.3 Å². The zero-order valence-corrected chi connectivity index (χ0v) is 12.3. The van der Waals surface area contributed by atoms with Crippen molar-refractivity contribution in [2.75, 3.05) is 18.1 Å². The molecular weight excluding hydrogens is 276 g/mol. The van der Waals surface area contributed by atoms with Crippen LogP contribution in [0.2, 0.25) is 0 Å². The van der Waals surface area contributed by atoms with Crippen molar-refractivity contribution < 1.29 is 14.7 Å². The summed E-state index contributed by atoms with van der Waals surface area (Å²) in [4.78, 5) is 22.7. The highest BCUT2D eigenvalue weighted by Gasteiger charge is 2.10. The summed E-state index contributed by atoms with van der Waals surface area (Å²) >= 11 is 1.29. The van der Waals surface area contributed by atoms with Crippen molar-refractivity contribution in [1.82, 2.24) is 10.6 Å². The van der Waals surface area contributed by atoms with Crippen LogP contribution in [0.1, 0.15) is 25.0 Å². The first-order valence-electron chi connectivity index (χ1n) is 6.52. The number of carbonyl (C=O) groups is 2. The van der Waals surface area contributed by atoms with Crippen LogP contribution in [0.5, 0.6) is 0 Å². The molecular formula is C14H20N2O3S. The summed E-state index contributed by atoms with van der Waals surface area (Å²) in [6, 6.07) is 8.79. The van der Waals surface area contributed by atoms with Crippen LogP contribution in [0, 0.1) is 0 Å². The van der Waals surface area contributed by atoms with Gasteiger partial charge in [-0.3, -0.25) is 10.1 Å². The van der Waals surface area contributed by atoms with Crippen molar-refractivity contribution in [1.29, 1.82) is 0 Å². The van der Waals surface area contributed by atoms with Gasteiger partial charge in [0, 0.05) is 12.3 Å². The van der Waals surface area contributed by atoms with Crippen LogP contribution in [0.3, 0.4) is 0 Å². The molecule has 5 nitrogen and oxygen atoms in total. The summed E-state index contributed by atoms with van der Waals surface area (Å²) in [6.45, 7) is 2.47. The van der Waals surface area contributed by atoms with Gasteiger partial charge in [0.25, 0.3) is 0 Å². The van der Waals surface area contributed by atoms with E-state index in [2.05, 4.69) is 10.6 Å². The van der Waals surface area contributed by atoms with Gasteiger partial charge in [-0.25, -0.2) is 4.79 Å². The van der Waals surface area contributed by atoms with Crippen molar-refractivity contribution in [2.24, 2.45) is 0 Å². The van der Waals surface area contributed by atoms with Gasteiger partial charge >= 0.3 is 6.03 Å². The molecule has 3 N–H and O–H groups in total. The topological polar surface area (TPSA) is 78.4 Å². The predicted molar refractivity (Wildman–Crippen MR) is 80.6 cm³/mol. The molecule has 0 aromatic heterocycles. The number of aliphatic hydroxyl groups is 1. The maximum Gasteiger partial charge on any atom is 0.321 e. The molecule has 0 aliphatic rings. The molecule has 3 amide bonds. The number of benzene rings is 1. The Balaban J connectivity index is 2.20. The first kappa shape index (κ1) is 16.5. The summed E-state index contributed by atoms with van der Waals surface area (Å²) < 4.78 is 0. The minimum atomic E-state index is -0.608. The molecule has 0 aliphatic heterocycles. The molecule has 0 radical (unpaired) electrons. The van der Waals surface area contributed by atoms with E-state index in [9.17, 15) is 14.7 Å². The van der Waals surface area contributed by atoms with Crippen molar-refractivity contribution in [3.8, 4) is 0 Å². The Labute approximate surface area is 123 Å². The van der Waals surface area contributed by atoms with E-state index in [1.54, 1.807) is 0 Å². The molecule has 20 heavy (non-hydrogen) atoms. The number of urea groups is 1. The van der Waals surface area contributed by atoms with Crippen LogP contribution >= 0.6 is 11.8 Å². The second-order valence-corrected chi connectivity index (χ2v) is 5.28. The Kier molecular flexibility index (Phi) is 7.75. The number of hydrogen-bond acceptors (Lipinski definition) is 4. The number of amides is 3. The van der Waals surface area contributed by atoms with E-state index < -0.39 is 12.1 Å². The Morgan fingerprint density at radius 1 is 1.30 bits per heavy atom. The molecule has 110 valence electrons. The van der Waals surface area contributed by atoms with Crippen LogP contribution in [-0.2, 0) is 4.79 Å². The third-order valence-corrected chi connectivity index (χ3v) is 3.50. The molecule has 0 saturated carbocycles. The minimum absolute atomic E-state index is 0.142. The van der Waals surface area contributed by atoms with Gasteiger partial charge in [-0.15, -0.1) is 11.8 Å². The lowest BCUT2D eigenvalue weighted by atomic mass is 10.1. The van der Waals surface area contributed by atoms with Gasteiger partial charge in [-0.2, -0.15) is 0 Å². The molecule has 0 aliphatic carbocycles. The van der Waals surface area contributed by atoms with E-state index >= 15 is 0 Å². The lowest BCUT2D eigenvalue weighted by Crippen LogP contribution is -2.40. The Hall–Kier alpha value is -1.53. The number of imide groups is 1. The fourth-order valence-electron chi connectivity index (χ4n) is 1.48. The minimum Gasteiger partial charge on any atom is -0.388 e. The molecule has 1 aromatic rings. The van der Waals surface area contributed by atoms with Crippen LogP contribution in [0.15, 0.2) is 30.3 Å². The first-order chi connectivity index (χ1) is 9.63. The van der Waals surface area contributed by atoms with E-state index in [0.717, 1.165) is 12.0 Å². The predicted octanol–water partition coefficient (Wildman–Crippen LogP) is 1.69. The average Bonchev–Trinajstić information content (AvgIpc) is 2.45. The fourth-order valence-corrected chi connectivity index (χ4v) is 2.27. The van der Waals surface area contributed by atoms with Crippen LogP contribution in [-0.4, -0.2) is 35.1 Å². The number of hydrogen-bond donors (Lipinski definition) is 3. The summed E-state index contributed by atoms with van der Waals surface area (Å²) in [7, 11) is 0. The maximum atomic E-state index is 11.5. The lowest BCUT2D eigenvalue weighted by Gasteiger charge is -2.10. The average molecular weight is 296 g/mol. The SMILES string of the molecule is CCCNC(=O)NC(=O)CSC[C@H](O)c1ccccc1. The van der Waals surface area contributed by atoms with Crippen molar-refractivity contribution in [3.05, 3.63) is 35.9 Å². The second kappa shape index (κ2) is 9.39. The molecule has 0 bridgehead atoms. The summed E-state index contributed by atoms with van der Waals surface area (Å²) in [5.41, 5.74) is 0.820. The fraction of sp³-hybridized carbons (Fsp3) is 0.429. The lowest BCUT2D eigenvalue weighted by molar-refractivity contribution is -0.117. The summed E-state index contributed by atoms with van der Waals surface area (Å²) in [6.07, 6.45) is 0.211. The highest BCUT2D eigenvalue weighted by atomic mass is 32.2. The van der Waals surface area contributed by atoms with E-state index in [0.29, 0.717) is 12.3 Å². The van der Waals surface area contributed by atoms with Crippen molar-refractivity contribution in [2.45, 2.75) is 19.4 Å². The van der Waals surface area contributed by atoms with Gasteiger partial charge < -0.3 is 10.4 Å². The smallest absolute Gasteiger partial charge is 0.321 e. The van der Waals surface area contributed by atoms with Crippen LogP contribution < -0.4 is 10.6 Å². The standard InChI is InChI=1S/C14H20N2O3S/c1-2-8-15-14(19)16-13(18)10-20-9-12(17)11-6-4-3-5-7-11/h3-7,12,17H,2,8-10H2,1H3,(H2,15,16,18,19)/t12-/m0/s1. The number of rotatable bonds is 7. The van der Waals surface area contributed by atoms with Gasteiger partial charge in [0.1, 0.15) is 0 Å². The van der Waals surface area contributed by atoms with Gasteiger partial charge in [-0.05, 0) is 12.0 Å². The molecule has 0 spiro atoms. The normalized spacial score (nSPS) is 11.7. The number of aliphatic hydroxyl groups excluding tert-OH is 1. The quantitative estimate of drug-likeness (QED) is 0.715. The molecule has 0 saturated heterocycles. The van der Waals surface area contributed by atoms with Crippen molar-refractivity contribution >= 4 is 23.7 Å². The monoisotopic (exact) mass is 296 g/mol. The zero-order chi connectivity index (χ0) is 14.8. The zero-order valence-electron chi connectivity index (χ0n) is 11.5. The highest BCUT2D eigenvalue weighted by Crippen LogP contribution is 2.17. The molecule has 1 rings (SSSR count). The molecule has 0 unspecified atom stereocenters. The number of nitrogens with one attached hydrogen (secondary N) is 2. The van der Waals surface area contributed by atoms with E-state index in [1.807, 2.05) is 37.3 Å². The number of thioether (sulfide) groups is 1. The Morgan fingerprint density at radius 3 is 2.65 bits per heavy atom. The van der Waals surface area contributed by atoms with Gasteiger partial charge in [0.05, 0.1) is 11.9 Å². The van der Waals surface area contributed by atoms with Crippen molar-refractivity contribution in [3.63, 3.8) is 0 Å². The Morgan fingerprint density at radius 2 is 2.00 bits per heavy atom. The molecule has 1 atom stereocenters. The summed E-state index contributed by atoms with van der Waals surface area (Å²) in [5.74, 6) is 0.195. The highest BCUT2D eigenvalue weighted by molar-refractivity contribution is 7.99. The van der Waals surface area contributed by atoms with E-state index in [4.69, 9.17) is 0 Å². The number of carbonyl (C=O) groups excluding carboxylic acids is 2. The summed E-state index contributed by atoms with van der Waals surface area (Å²) in [5, 5.41) is 14.7. The van der Waals surface area contributed by atoms with Gasteiger partial charge in [0.2, 0.25) is 5.91 Å². The molecule has 0 heterocycles.